The first kappa shape index (κ1) is 14.1. The molecular weight excluding hydrogens is 234 g/mol. The molecule has 0 spiro atoms. The van der Waals surface area contributed by atoms with Gasteiger partial charge in [0.15, 0.2) is 0 Å². The first-order valence-corrected chi connectivity index (χ1v) is 6.90. The van der Waals surface area contributed by atoms with Gasteiger partial charge in [0.1, 0.15) is 0 Å². The molecule has 0 amide bonds. The molecule has 1 unspecified atom stereocenters. The second-order valence-electron chi connectivity index (χ2n) is 2.38. The third kappa shape index (κ3) is 7.48. The maximum absolute atomic E-state index is 8.49. The summed E-state index contributed by atoms with van der Waals surface area (Å²) >= 11 is 8.41. The van der Waals surface area contributed by atoms with Crippen LogP contribution in [0, 0.1) is 11.3 Å². The number of thiocarbonyl (C=S) groups is 1. The summed E-state index contributed by atoms with van der Waals surface area (Å²) in [4.78, 5) is 0. The molecule has 0 aliphatic rings. The molecule has 0 radical (unpaired) electrons. The number of ether oxygens (including phenoxy) is 1. The number of nitriles is 1. The SMILES string of the molecule is CCOC(=S)SC(CCC#N)SCC. The fourth-order valence-corrected chi connectivity index (χ4v) is 3.69. The Morgan fingerprint density at radius 3 is 2.79 bits per heavy atom. The fraction of sp³-hybridized carbons (Fsp3) is 0.778. The zero-order chi connectivity index (χ0) is 10.8. The van der Waals surface area contributed by atoms with Gasteiger partial charge >= 0.3 is 0 Å². The number of hydrogen-bond acceptors (Lipinski definition) is 5. The highest BCUT2D eigenvalue weighted by atomic mass is 32.2. The molecule has 0 saturated heterocycles. The smallest absolute Gasteiger partial charge is 0.221 e. The van der Waals surface area contributed by atoms with Gasteiger partial charge in [-0.3, -0.25) is 0 Å². The van der Waals surface area contributed by atoms with E-state index in [0.717, 1.165) is 12.2 Å². The van der Waals surface area contributed by atoms with Gasteiger partial charge in [0.25, 0.3) is 0 Å². The van der Waals surface area contributed by atoms with Crippen LogP contribution >= 0.6 is 35.7 Å². The van der Waals surface area contributed by atoms with Gasteiger partial charge in [0, 0.05) is 6.42 Å². The van der Waals surface area contributed by atoms with E-state index in [2.05, 4.69) is 13.0 Å². The molecule has 0 N–H and O–H groups in total. The van der Waals surface area contributed by atoms with Crippen LogP contribution in [0.5, 0.6) is 0 Å². The summed E-state index contributed by atoms with van der Waals surface area (Å²) in [7, 11) is 0. The van der Waals surface area contributed by atoms with Gasteiger partial charge in [-0.15, -0.1) is 11.8 Å². The molecule has 2 nitrogen and oxygen atoms in total. The van der Waals surface area contributed by atoms with E-state index in [1.165, 1.54) is 0 Å². The standard InChI is InChI=1S/C9H15NOS3/c1-3-11-9(12)14-8(13-4-2)6-5-7-10/h8H,3-6H2,1-2H3. The molecule has 0 saturated carbocycles. The molecule has 0 rings (SSSR count). The minimum atomic E-state index is 0.360. The van der Waals surface area contributed by atoms with Gasteiger partial charge in [-0.05, 0) is 31.3 Å². The predicted octanol–water partition coefficient (Wildman–Crippen LogP) is 3.42. The Morgan fingerprint density at radius 1 is 1.57 bits per heavy atom. The van der Waals surface area contributed by atoms with Crippen LogP contribution in [0.2, 0.25) is 0 Å². The van der Waals surface area contributed by atoms with Crippen molar-refractivity contribution in [3.63, 3.8) is 0 Å². The lowest BCUT2D eigenvalue weighted by Gasteiger charge is -2.13. The van der Waals surface area contributed by atoms with Crippen molar-refractivity contribution < 1.29 is 4.74 Å². The maximum Gasteiger partial charge on any atom is 0.221 e. The van der Waals surface area contributed by atoms with Gasteiger partial charge in [0.05, 0.1) is 17.3 Å². The first-order chi connectivity index (χ1) is 6.74. The second kappa shape index (κ2) is 9.63. The molecule has 0 aromatic carbocycles. The zero-order valence-corrected chi connectivity index (χ0v) is 10.9. The van der Waals surface area contributed by atoms with Crippen molar-refractivity contribution in [2.24, 2.45) is 0 Å². The van der Waals surface area contributed by atoms with Crippen molar-refractivity contribution >= 4 is 40.1 Å². The Balaban J connectivity index is 3.83. The first-order valence-electron chi connectivity index (χ1n) is 4.56. The number of hydrogen-bond donors (Lipinski definition) is 0. The van der Waals surface area contributed by atoms with E-state index in [9.17, 15) is 0 Å². The lowest BCUT2D eigenvalue weighted by atomic mass is 10.4. The van der Waals surface area contributed by atoms with Crippen LogP contribution in [0.25, 0.3) is 0 Å². The largest absolute Gasteiger partial charge is 0.479 e. The van der Waals surface area contributed by atoms with Crippen LogP contribution in [0.15, 0.2) is 0 Å². The fourth-order valence-electron chi connectivity index (χ4n) is 0.804. The zero-order valence-electron chi connectivity index (χ0n) is 8.49. The van der Waals surface area contributed by atoms with E-state index in [4.69, 9.17) is 22.2 Å². The Kier molecular flexibility index (Phi) is 9.68. The van der Waals surface area contributed by atoms with Crippen LogP contribution in [0.3, 0.4) is 0 Å². The van der Waals surface area contributed by atoms with Gasteiger partial charge in [0.2, 0.25) is 4.38 Å². The topological polar surface area (TPSA) is 33.0 Å². The summed E-state index contributed by atoms with van der Waals surface area (Å²) in [5.41, 5.74) is 0. The molecule has 0 fully saturated rings. The van der Waals surface area contributed by atoms with Crippen LogP contribution in [-0.2, 0) is 4.74 Å². The summed E-state index contributed by atoms with van der Waals surface area (Å²) < 4.78 is 6.15. The highest BCUT2D eigenvalue weighted by molar-refractivity contribution is 8.30. The van der Waals surface area contributed by atoms with Crippen molar-refractivity contribution in [1.29, 1.82) is 5.26 Å². The number of nitrogens with zero attached hydrogens (tertiary/aromatic N) is 1. The quantitative estimate of drug-likeness (QED) is 0.532. The molecular formula is C9H15NOS3. The highest BCUT2D eigenvalue weighted by Crippen LogP contribution is 2.29. The molecule has 0 bridgehead atoms. The van der Waals surface area contributed by atoms with Gasteiger partial charge in [-0.2, -0.15) is 5.26 Å². The van der Waals surface area contributed by atoms with Crippen molar-refractivity contribution in [2.45, 2.75) is 31.3 Å². The van der Waals surface area contributed by atoms with E-state index in [1.54, 1.807) is 11.8 Å². The molecule has 0 aromatic heterocycles. The molecule has 0 aliphatic heterocycles. The average molecular weight is 249 g/mol. The molecule has 1 atom stereocenters. The minimum absolute atomic E-state index is 0.360. The summed E-state index contributed by atoms with van der Waals surface area (Å²) in [6.45, 7) is 4.64. The van der Waals surface area contributed by atoms with E-state index >= 15 is 0 Å². The molecule has 80 valence electrons. The van der Waals surface area contributed by atoms with E-state index < -0.39 is 0 Å². The summed E-state index contributed by atoms with van der Waals surface area (Å²) in [5.74, 6) is 1.04. The van der Waals surface area contributed by atoms with Gasteiger partial charge in [-0.25, -0.2) is 0 Å². The van der Waals surface area contributed by atoms with Crippen LogP contribution in [-0.4, -0.2) is 21.3 Å². The summed E-state index contributed by atoms with van der Waals surface area (Å²) in [6.07, 6.45) is 1.45. The number of rotatable bonds is 6. The average Bonchev–Trinajstić information content (AvgIpc) is 2.15. The van der Waals surface area contributed by atoms with Crippen LogP contribution < -0.4 is 0 Å². The summed E-state index contributed by atoms with van der Waals surface area (Å²) in [5, 5.41) is 8.49. The molecule has 14 heavy (non-hydrogen) atoms. The Hall–Kier alpha value is 0.0800. The Morgan fingerprint density at radius 2 is 2.29 bits per heavy atom. The highest BCUT2D eigenvalue weighted by Gasteiger charge is 2.12. The monoisotopic (exact) mass is 249 g/mol. The summed E-state index contributed by atoms with van der Waals surface area (Å²) in [6, 6.07) is 2.15. The van der Waals surface area contributed by atoms with Crippen LogP contribution in [0.4, 0.5) is 0 Å². The van der Waals surface area contributed by atoms with Gasteiger partial charge < -0.3 is 4.74 Å². The third-order valence-electron chi connectivity index (χ3n) is 1.33. The van der Waals surface area contributed by atoms with Crippen molar-refractivity contribution in [3.05, 3.63) is 0 Å². The number of thioether (sulfide) groups is 2. The van der Waals surface area contributed by atoms with E-state index in [1.807, 2.05) is 18.7 Å². The van der Waals surface area contributed by atoms with Crippen molar-refractivity contribution in [2.75, 3.05) is 12.4 Å². The van der Waals surface area contributed by atoms with Crippen LogP contribution in [0.1, 0.15) is 26.7 Å². The maximum atomic E-state index is 8.49. The molecule has 5 heteroatoms. The van der Waals surface area contributed by atoms with E-state index in [0.29, 0.717) is 22.0 Å². The molecule has 0 aromatic rings. The van der Waals surface area contributed by atoms with Crippen molar-refractivity contribution in [1.82, 2.24) is 0 Å². The Bertz CT molecular complexity index is 203. The third-order valence-corrected chi connectivity index (χ3v) is 4.19. The molecule has 0 aliphatic carbocycles. The second-order valence-corrected chi connectivity index (χ2v) is 5.97. The predicted molar refractivity (Wildman–Crippen MR) is 68.6 cm³/mol. The molecule has 0 heterocycles. The Labute approximate surface area is 99.8 Å². The van der Waals surface area contributed by atoms with E-state index in [-0.39, 0.29) is 0 Å². The van der Waals surface area contributed by atoms with Gasteiger partial charge in [-0.1, -0.05) is 18.7 Å². The van der Waals surface area contributed by atoms with Crippen molar-refractivity contribution in [3.8, 4) is 6.07 Å². The minimum Gasteiger partial charge on any atom is -0.479 e. The normalized spacial score (nSPS) is 11.8. The lowest BCUT2D eigenvalue weighted by molar-refractivity contribution is 0.346. The lowest BCUT2D eigenvalue weighted by Crippen LogP contribution is -2.04.